The molecule has 1 unspecified atom stereocenters. The summed E-state index contributed by atoms with van der Waals surface area (Å²) in [6.45, 7) is 6.21. The fourth-order valence-corrected chi connectivity index (χ4v) is 3.83. The lowest BCUT2D eigenvalue weighted by atomic mass is 9.84. The molecule has 0 spiro atoms. The summed E-state index contributed by atoms with van der Waals surface area (Å²) in [6, 6.07) is 10.1. The molecule has 1 aromatic heterocycles. The second-order valence-electron chi connectivity index (χ2n) is 6.67. The molecule has 0 saturated carbocycles. The van der Waals surface area contributed by atoms with Gasteiger partial charge in [0.1, 0.15) is 0 Å². The van der Waals surface area contributed by atoms with Gasteiger partial charge in [0.25, 0.3) is 0 Å². The van der Waals surface area contributed by atoms with Crippen LogP contribution in [0.2, 0.25) is 0 Å². The van der Waals surface area contributed by atoms with Gasteiger partial charge in [0.15, 0.2) is 5.78 Å². The molecule has 4 rings (SSSR count). The van der Waals surface area contributed by atoms with Crippen molar-refractivity contribution in [2.75, 3.05) is 32.8 Å². The summed E-state index contributed by atoms with van der Waals surface area (Å²) in [6.07, 6.45) is 1.81. The Bertz CT molecular complexity index is 733. The Kier molecular flexibility index (Phi) is 4.21. The quantitative estimate of drug-likeness (QED) is 0.868. The summed E-state index contributed by atoms with van der Waals surface area (Å²) in [4.78, 5) is 15.4. The Hall–Kier alpha value is -1.98. The minimum absolute atomic E-state index is 0.0859. The fraction of sp³-hybridized carbons (Fsp3) is 0.474. The zero-order valence-electron chi connectivity index (χ0n) is 14.1. The molecule has 5 nitrogen and oxygen atoms in total. The van der Waals surface area contributed by atoms with Crippen molar-refractivity contribution < 1.29 is 9.53 Å². The van der Waals surface area contributed by atoms with Crippen molar-refractivity contribution in [1.82, 2.24) is 14.7 Å². The summed E-state index contributed by atoms with van der Waals surface area (Å²) in [5, 5.41) is 4.66. The number of hydrogen-bond acceptors (Lipinski definition) is 4. The maximum atomic E-state index is 13.0. The number of carbonyl (C=O) groups excluding carboxylic acids is 1. The van der Waals surface area contributed by atoms with Crippen LogP contribution >= 0.6 is 0 Å². The largest absolute Gasteiger partial charge is 0.379 e. The van der Waals surface area contributed by atoms with Crippen LogP contribution in [-0.4, -0.2) is 53.3 Å². The van der Waals surface area contributed by atoms with Gasteiger partial charge in [-0.25, -0.2) is 4.68 Å². The van der Waals surface area contributed by atoms with E-state index in [4.69, 9.17) is 4.74 Å². The van der Waals surface area contributed by atoms with Crippen LogP contribution in [0.4, 0.5) is 0 Å². The lowest BCUT2D eigenvalue weighted by molar-refractivity contribution is 0.0291. The molecule has 1 aliphatic heterocycles. The Morgan fingerprint density at radius 2 is 1.96 bits per heavy atom. The van der Waals surface area contributed by atoms with Crippen LogP contribution in [-0.2, 0) is 11.2 Å². The van der Waals surface area contributed by atoms with Gasteiger partial charge in [-0.2, -0.15) is 5.10 Å². The van der Waals surface area contributed by atoms with Crippen LogP contribution < -0.4 is 0 Å². The standard InChI is InChI=1S/C19H23N3O2/c1-14-18-17(22(20-14)16-5-3-2-4-6-16)8-7-15(19(18)23)13-21-9-11-24-12-10-21/h2-6,15H,7-13H2,1H3. The number of aromatic nitrogens is 2. The highest BCUT2D eigenvalue weighted by Gasteiger charge is 2.34. The Morgan fingerprint density at radius 1 is 1.21 bits per heavy atom. The van der Waals surface area contributed by atoms with Crippen molar-refractivity contribution in [3.05, 3.63) is 47.3 Å². The van der Waals surface area contributed by atoms with Gasteiger partial charge in [-0.15, -0.1) is 0 Å². The highest BCUT2D eigenvalue weighted by molar-refractivity contribution is 6.01. The van der Waals surface area contributed by atoms with E-state index in [1.807, 2.05) is 41.9 Å². The predicted molar refractivity (Wildman–Crippen MR) is 91.7 cm³/mol. The Labute approximate surface area is 142 Å². The zero-order chi connectivity index (χ0) is 16.5. The molecule has 1 aromatic carbocycles. The van der Waals surface area contributed by atoms with Crippen LogP contribution in [0.5, 0.6) is 0 Å². The Balaban J connectivity index is 1.60. The van der Waals surface area contributed by atoms with E-state index < -0.39 is 0 Å². The number of fused-ring (bicyclic) bond motifs is 1. The van der Waals surface area contributed by atoms with E-state index in [1.165, 1.54) is 0 Å². The predicted octanol–water partition coefficient (Wildman–Crippen LogP) is 2.26. The molecule has 2 aliphatic rings. The summed E-state index contributed by atoms with van der Waals surface area (Å²) < 4.78 is 7.36. The average Bonchev–Trinajstić information content (AvgIpc) is 2.96. The first-order valence-corrected chi connectivity index (χ1v) is 8.72. The molecule has 126 valence electrons. The van der Waals surface area contributed by atoms with Crippen molar-refractivity contribution >= 4 is 5.78 Å². The molecule has 0 amide bonds. The van der Waals surface area contributed by atoms with Crippen LogP contribution in [0.1, 0.15) is 28.2 Å². The first kappa shape index (κ1) is 15.5. The number of aryl methyl sites for hydroxylation is 1. The van der Waals surface area contributed by atoms with Gasteiger partial charge < -0.3 is 4.74 Å². The third-order valence-electron chi connectivity index (χ3n) is 5.09. The molecule has 1 saturated heterocycles. The smallest absolute Gasteiger partial charge is 0.170 e. The van der Waals surface area contributed by atoms with Crippen molar-refractivity contribution in [1.29, 1.82) is 0 Å². The summed E-state index contributed by atoms with van der Waals surface area (Å²) in [5.74, 6) is 0.352. The topological polar surface area (TPSA) is 47.4 Å². The number of carbonyl (C=O) groups is 1. The number of ether oxygens (including phenoxy) is 1. The van der Waals surface area contributed by atoms with Gasteiger partial charge in [0, 0.05) is 25.6 Å². The lowest BCUT2D eigenvalue weighted by Crippen LogP contribution is -2.42. The highest BCUT2D eigenvalue weighted by Crippen LogP contribution is 2.30. The maximum absolute atomic E-state index is 13.0. The molecule has 1 fully saturated rings. The fourth-order valence-electron chi connectivity index (χ4n) is 3.83. The molecule has 5 heteroatoms. The zero-order valence-corrected chi connectivity index (χ0v) is 14.1. The molecule has 1 aliphatic carbocycles. The monoisotopic (exact) mass is 325 g/mol. The normalized spacial score (nSPS) is 21.7. The van der Waals surface area contributed by atoms with Gasteiger partial charge in [-0.05, 0) is 31.9 Å². The van der Waals surface area contributed by atoms with Crippen molar-refractivity contribution in [2.24, 2.45) is 5.92 Å². The summed E-state index contributed by atoms with van der Waals surface area (Å²) >= 11 is 0. The molecular formula is C19H23N3O2. The molecule has 0 N–H and O–H groups in total. The Morgan fingerprint density at radius 3 is 2.71 bits per heavy atom. The molecule has 1 atom stereocenters. The minimum Gasteiger partial charge on any atom is -0.379 e. The molecule has 2 heterocycles. The number of Topliss-reactive ketones (excluding diaryl/α,β-unsaturated/α-hetero) is 1. The first-order valence-electron chi connectivity index (χ1n) is 8.72. The first-order chi connectivity index (χ1) is 11.7. The van der Waals surface area contributed by atoms with E-state index in [0.717, 1.165) is 68.3 Å². The second-order valence-corrected chi connectivity index (χ2v) is 6.67. The molecule has 24 heavy (non-hydrogen) atoms. The summed E-state index contributed by atoms with van der Waals surface area (Å²) in [7, 11) is 0. The van der Waals surface area contributed by atoms with Gasteiger partial charge in [0.05, 0.1) is 35.9 Å². The molecule has 2 aromatic rings. The van der Waals surface area contributed by atoms with Crippen LogP contribution in [0.3, 0.4) is 0 Å². The second kappa shape index (κ2) is 6.49. The van der Waals surface area contributed by atoms with E-state index >= 15 is 0 Å². The van der Waals surface area contributed by atoms with Crippen molar-refractivity contribution in [3.63, 3.8) is 0 Å². The van der Waals surface area contributed by atoms with Gasteiger partial charge in [-0.1, -0.05) is 18.2 Å². The van der Waals surface area contributed by atoms with Crippen molar-refractivity contribution in [2.45, 2.75) is 19.8 Å². The van der Waals surface area contributed by atoms with E-state index in [1.54, 1.807) is 0 Å². The molecular weight excluding hydrogens is 302 g/mol. The van der Waals surface area contributed by atoms with E-state index in [2.05, 4.69) is 10.00 Å². The van der Waals surface area contributed by atoms with Crippen LogP contribution in [0.25, 0.3) is 5.69 Å². The lowest BCUT2D eigenvalue weighted by Gasteiger charge is -2.31. The third kappa shape index (κ3) is 2.78. The molecule has 0 bridgehead atoms. The van der Waals surface area contributed by atoms with Crippen LogP contribution in [0, 0.1) is 12.8 Å². The SMILES string of the molecule is Cc1nn(-c2ccccc2)c2c1C(=O)C(CN1CCOCC1)CC2. The maximum Gasteiger partial charge on any atom is 0.170 e. The van der Waals surface area contributed by atoms with Crippen LogP contribution in [0.15, 0.2) is 30.3 Å². The number of rotatable bonds is 3. The minimum atomic E-state index is 0.0859. The number of benzene rings is 1. The van der Waals surface area contributed by atoms with Crippen molar-refractivity contribution in [3.8, 4) is 5.69 Å². The molecule has 0 radical (unpaired) electrons. The van der Waals surface area contributed by atoms with Gasteiger partial charge in [-0.3, -0.25) is 9.69 Å². The number of para-hydroxylation sites is 1. The highest BCUT2D eigenvalue weighted by atomic mass is 16.5. The third-order valence-corrected chi connectivity index (χ3v) is 5.09. The summed E-state index contributed by atoms with van der Waals surface area (Å²) in [5.41, 5.74) is 3.80. The number of nitrogens with zero attached hydrogens (tertiary/aromatic N) is 3. The van der Waals surface area contributed by atoms with Gasteiger partial charge >= 0.3 is 0 Å². The van der Waals surface area contributed by atoms with E-state index in [9.17, 15) is 4.79 Å². The van der Waals surface area contributed by atoms with E-state index in [-0.39, 0.29) is 11.7 Å². The number of morpholine rings is 1. The number of ketones is 1. The van der Waals surface area contributed by atoms with E-state index in [0.29, 0.717) is 0 Å². The number of hydrogen-bond donors (Lipinski definition) is 0. The average molecular weight is 325 g/mol. The van der Waals surface area contributed by atoms with Gasteiger partial charge in [0.2, 0.25) is 0 Å².